The molecule has 0 aliphatic carbocycles. The Bertz CT molecular complexity index is 137. The van der Waals surface area contributed by atoms with E-state index in [4.69, 9.17) is 4.74 Å². The molecule has 1 N–H and O–H groups in total. The van der Waals surface area contributed by atoms with Gasteiger partial charge in [0.25, 0.3) is 0 Å². The van der Waals surface area contributed by atoms with E-state index in [-0.39, 0.29) is 5.91 Å². The number of hydrogen-bond donors (Lipinski definition) is 1. The highest BCUT2D eigenvalue weighted by atomic mass is 32.2. The number of nitrogens with one attached hydrogen (secondary N) is 1. The number of ether oxygens (including phenoxy) is 1. The van der Waals surface area contributed by atoms with E-state index in [1.807, 2.05) is 0 Å². The quantitative estimate of drug-likeness (QED) is 0.602. The third kappa shape index (κ3) is 3.60. The van der Waals surface area contributed by atoms with Crippen molar-refractivity contribution in [2.75, 3.05) is 26.3 Å². The lowest BCUT2D eigenvalue weighted by molar-refractivity contribution is -0.117. The Morgan fingerprint density at radius 2 is 2.18 bits per heavy atom. The molecule has 11 heavy (non-hydrogen) atoms. The third-order valence-electron chi connectivity index (χ3n) is 1.29. The van der Waals surface area contributed by atoms with Crippen LogP contribution < -0.4 is 4.72 Å². The van der Waals surface area contributed by atoms with E-state index in [1.165, 1.54) is 19.1 Å². The minimum Gasteiger partial charge on any atom is -0.379 e. The van der Waals surface area contributed by atoms with Crippen LogP contribution in [-0.4, -0.2) is 36.5 Å². The van der Waals surface area contributed by atoms with Crippen LogP contribution in [0.4, 0.5) is 0 Å². The minimum absolute atomic E-state index is 0.0125. The fourth-order valence-corrected chi connectivity index (χ4v) is 1.36. The standard InChI is InChI=1S/C6H12N2O2S/c1-6(9)7-11-8-2-4-10-5-3-8/h2-5H2,1H3,(H,7,9). The average Bonchev–Trinajstić information content (AvgIpc) is 2.03. The van der Waals surface area contributed by atoms with Gasteiger partial charge in [0, 0.05) is 32.1 Å². The molecular weight excluding hydrogens is 164 g/mol. The van der Waals surface area contributed by atoms with E-state index in [0.29, 0.717) is 0 Å². The Labute approximate surface area is 70.5 Å². The van der Waals surface area contributed by atoms with Gasteiger partial charge in [-0.1, -0.05) is 0 Å². The van der Waals surface area contributed by atoms with Crippen molar-refractivity contribution in [2.45, 2.75) is 6.92 Å². The van der Waals surface area contributed by atoms with E-state index >= 15 is 0 Å². The summed E-state index contributed by atoms with van der Waals surface area (Å²) in [5.41, 5.74) is 0. The zero-order valence-corrected chi connectivity index (χ0v) is 7.32. The zero-order valence-electron chi connectivity index (χ0n) is 6.50. The number of hydrogen-bond acceptors (Lipinski definition) is 4. The van der Waals surface area contributed by atoms with Crippen LogP contribution in [0.3, 0.4) is 0 Å². The molecule has 0 aromatic rings. The summed E-state index contributed by atoms with van der Waals surface area (Å²) in [5, 5.41) is 0. The molecule has 0 unspecified atom stereocenters. The Morgan fingerprint density at radius 1 is 1.55 bits per heavy atom. The fraction of sp³-hybridized carbons (Fsp3) is 0.833. The van der Waals surface area contributed by atoms with Gasteiger partial charge in [-0.3, -0.25) is 9.52 Å². The van der Waals surface area contributed by atoms with Crippen LogP contribution in [0.15, 0.2) is 0 Å². The molecule has 4 nitrogen and oxygen atoms in total. The van der Waals surface area contributed by atoms with E-state index in [9.17, 15) is 4.79 Å². The van der Waals surface area contributed by atoms with Crippen molar-refractivity contribution >= 4 is 18.0 Å². The predicted molar refractivity (Wildman–Crippen MR) is 43.8 cm³/mol. The van der Waals surface area contributed by atoms with Gasteiger partial charge in [-0.15, -0.1) is 0 Å². The summed E-state index contributed by atoms with van der Waals surface area (Å²) in [5.74, 6) is -0.0125. The number of carbonyl (C=O) groups is 1. The molecule has 0 spiro atoms. The van der Waals surface area contributed by atoms with Crippen LogP contribution in [0.1, 0.15) is 6.92 Å². The van der Waals surface area contributed by atoms with Gasteiger partial charge in [-0.05, 0) is 0 Å². The van der Waals surface area contributed by atoms with Crippen molar-refractivity contribution < 1.29 is 9.53 Å². The van der Waals surface area contributed by atoms with Gasteiger partial charge in [-0.2, -0.15) is 0 Å². The highest BCUT2D eigenvalue weighted by Crippen LogP contribution is 2.07. The molecule has 0 radical (unpaired) electrons. The lowest BCUT2D eigenvalue weighted by atomic mass is 10.5. The third-order valence-corrected chi connectivity index (χ3v) is 2.29. The highest BCUT2D eigenvalue weighted by Gasteiger charge is 2.10. The van der Waals surface area contributed by atoms with Crippen molar-refractivity contribution in [1.82, 2.24) is 9.03 Å². The summed E-state index contributed by atoms with van der Waals surface area (Å²) < 4.78 is 9.88. The molecule has 1 rings (SSSR count). The molecule has 0 aromatic carbocycles. The Kier molecular flexibility index (Phi) is 3.68. The second-order valence-corrected chi connectivity index (χ2v) is 3.19. The van der Waals surface area contributed by atoms with E-state index in [0.717, 1.165) is 26.3 Å². The largest absolute Gasteiger partial charge is 0.379 e. The van der Waals surface area contributed by atoms with Crippen LogP contribution in [0, 0.1) is 0 Å². The number of nitrogens with zero attached hydrogens (tertiary/aromatic N) is 1. The summed E-state index contributed by atoms with van der Waals surface area (Å²) in [4.78, 5) is 10.5. The number of morpholine rings is 1. The second kappa shape index (κ2) is 4.58. The summed E-state index contributed by atoms with van der Waals surface area (Å²) in [7, 11) is 0. The van der Waals surface area contributed by atoms with Crippen molar-refractivity contribution in [3.63, 3.8) is 0 Å². The van der Waals surface area contributed by atoms with Crippen LogP contribution in [0.5, 0.6) is 0 Å². The summed E-state index contributed by atoms with van der Waals surface area (Å²) in [6, 6.07) is 0. The Balaban J connectivity index is 2.09. The SMILES string of the molecule is CC(=O)NSN1CCOCC1. The van der Waals surface area contributed by atoms with Gasteiger partial charge < -0.3 is 4.74 Å². The Morgan fingerprint density at radius 3 is 2.73 bits per heavy atom. The number of rotatable bonds is 2. The molecule has 0 bridgehead atoms. The highest BCUT2D eigenvalue weighted by molar-refractivity contribution is 7.95. The second-order valence-electron chi connectivity index (χ2n) is 2.29. The van der Waals surface area contributed by atoms with Gasteiger partial charge in [-0.25, -0.2) is 4.31 Å². The van der Waals surface area contributed by atoms with Crippen LogP contribution in [-0.2, 0) is 9.53 Å². The first-order valence-corrected chi connectivity index (χ1v) is 4.32. The first kappa shape index (κ1) is 8.83. The molecule has 1 heterocycles. The Hall–Kier alpha value is -0.260. The zero-order chi connectivity index (χ0) is 8.10. The van der Waals surface area contributed by atoms with E-state index in [1.54, 1.807) is 0 Å². The topological polar surface area (TPSA) is 41.6 Å². The summed E-state index contributed by atoms with van der Waals surface area (Å²) in [6.07, 6.45) is 0. The molecule has 1 fully saturated rings. The van der Waals surface area contributed by atoms with Gasteiger partial charge in [0.05, 0.1) is 13.2 Å². The van der Waals surface area contributed by atoms with Gasteiger partial charge in [0.2, 0.25) is 5.91 Å². The predicted octanol–water partition coefficient (Wildman–Crippen LogP) is 0.0179. The maximum Gasteiger partial charge on any atom is 0.227 e. The van der Waals surface area contributed by atoms with Crippen molar-refractivity contribution in [1.29, 1.82) is 0 Å². The molecule has 1 amide bonds. The first-order chi connectivity index (χ1) is 5.29. The average molecular weight is 176 g/mol. The van der Waals surface area contributed by atoms with Gasteiger partial charge >= 0.3 is 0 Å². The molecule has 0 atom stereocenters. The van der Waals surface area contributed by atoms with Crippen molar-refractivity contribution in [3.8, 4) is 0 Å². The molecule has 1 aliphatic heterocycles. The van der Waals surface area contributed by atoms with Crippen LogP contribution in [0.2, 0.25) is 0 Å². The molecule has 0 aromatic heterocycles. The van der Waals surface area contributed by atoms with Crippen LogP contribution in [0.25, 0.3) is 0 Å². The summed E-state index contributed by atoms with van der Waals surface area (Å²) >= 11 is 1.36. The molecule has 5 heteroatoms. The van der Waals surface area contributed by atoms with Gasteiger partial charge in [0.15, 0.2) is 0 Å². The first-order valence-electron chi connectivity index (χ1n) is 3.55. The molecular formula is C6H12N2O2S. The smallest absolute Gasteiger partial charge is 0.227 e. The van der Waals surface area contributed by atoms with Crippen molar-refractivity contribution in [3.05, 3.63) is 0 Å². The number of amides is 1. The fourth-order valence-electron chi connectivity index (χ4n) is 0.767. The lowest BCUT2D eigenvalue weighted by Crippen LogP contribution is -2.34. The monoisotopic (exact) mass is 176 g/mol. The maximum atomic E-state index is 10.5. The van der Waals surface area contributed by atoms with Crippen molar-refractivity contribution in [2.24, 2.45) is 0 Å². The van der Waals surface area contributed by atoms with Crippen LogP contribution >= 0.6 is 12.1 Å². The normalized spacial score (nSPS) is 19.7. The maximum absolute atomic E-state index is 10.5. The van der Waals surface area contributed by atoms with E-state index < -0.39 is 0 Å². The molecule has 1 saturated heterocycles. The lowest BCUT2D eigenvalue weighted by Gasteiger charge is -2.24. The molecule has 64 valence electrons. The molecule has 0 saturated carbocycles. The minimum atomic E-state index is -0.0125. The van der Waals surface area contributed by atoms with E-state index in [2.05, 4.69) is 9.03 Å². The molecule has 1 aliphatic rings. The van der Waals surface area contributed by atoms with Gasteiger partial charge in [0.1, 0.15) is 0 Å². The number of carbonyl (C=O) groups excluding carboxylic acids is 1. The summed E-state index contributed by atoms with van der Waals surface area (Å²) in [6.45, 7) is 4.78.